The number of benzene rings is 1. The lowest BCUT2D eigenvalue weighted by Crippen LogP contribution is -2.36. The number of hydrogen-bond acceptors (Lipinski definition) is 5. The van der Waals surface area contributed by atoms with Crippen molar-refractivity contribution in [3.63, 3.8) is 0 Å². The lowest BCUT2D eigenvalue weighted by molar-refractivity contribution is -0.120. The number of carbonyl (C=O) groups excluding carboxylic acids is 2. The highest BCUT2D eigenvalue weighted by molar-refractivity contribution is 7.89. The molecule has 0 saturated heterocycles. The number of hydroxylamine groups is 1. The van der Waals surface area contributed by atoms with Crippen molar-refractivity contribution in [3.8, 4) is 0 Å². The molecule has 2 amide bonds. The van der Waals surface area contributed by atoms with Crippen LogP contribution in [0.1, 0.15) is 17.3 Å². The van der Waals surface area contributed by atoms with Gasteiger partial charge in [-0.2, -0.15) is 0 Å². The molecule has 1 aromatic carbocycles. The van der Waals surface area contributed by atoms with Crippen LogP contribution in [0.25, 0.3) is 0 Å². The molecule has 0 aliphatic rings. The number of carbonyl (C=O) groups is 2. The Morgan fingerprint density at radius 3 is 2.27 bits per heavy atom. The first kappa shape index (κ1) is 18.1. The van der Waals surface area contributed by atoms with Crippen molar-refractivity contribution < 1.29 is 22.8 Å². The van der Waals surface area contributed by atoms with Crippen LogP contribution in [0.2, 0.25) is 0 Å². The Hall–Kier alpha value is -1.97. The minimum absolute atomic E-state index is 0.00266. The molecule has 1 aromatic rings. The Morgan fingerprint density at radius 1 is 1.18 bits per heavy atom. The van der Waals surface area contributed by atoms with E-state index in [0.717, 1.165) is 4.47 Å². The molecule has 9 heteroatoms. The average molecular weight is 329 g/mol. The summed E-state index contributed by atoms with van der Waals surface area (Å²) in [5.41, 5.74) is 0.253. The van der Waals surface area contributed by atoms with Crippen LogP contribution in [0, 0.1) is 0 Å². The van der Waals surface area contributed by atoms with Crippen molar-refractivity contribution in [3.05, 3.63) is 29.8 Å². The lowest BCUT2D eigenvalue weighted by Gasteiger charge is -2.14. The fourth-order valence-electron chi connectivity index (χ4n) is 1.55. The molecule has 122 valence electrons. The fourth-order valence-corrected chi connectivity index (χ4v) is 2.52. The van der Waals surface area contributed by atoms with Gasteiger partial charge in [0.1, 0.15) is 0 Å². The molecule has 22 heavy (non-hydrogen) atoms. The van der Waals surface area contributed by atoms with E-state index in [9.17, 15) is 18.0 Å². The molecule has 2 N–H and O–H groups in total. The van der Waals surface area contributed by atoms with Crippen molar-refractivity contribution >= 4 is 21.8 Å². The van der Waals surface area contributed by atoms with Crippen molar-refractivity contribution in [2.75, 3.05) is 27.2 Å². The van der Waals surface area contributed by atoms with E-state index < -0.39 is 15.9 Å². The minimum Gasteiger partial charge on any atom is -0.355 e. The molecule has 0 heterocycles. The van der Waals surface area contributed by atoms with E-state index in [-0.39, 0.29) is 22.9 Å². The molecule has 0 aliphatic heterocycles. The van der Waals surface area contributed by atoms with Gasteiger partial charge in [0.2, 0.25) is 5.91 Å². The normalized spacial score (nSPS) is 11.3. The van der Waals surface area contributed by atoms with Gasteiger partial charge in [0.15, 0.2) is 0 Å². The summed E-state index contributed by atoms with van der Waals surface area (Å²) in [7, 11) is -1.25. The van der Waals surface area contributed by atoms with E-state index in [1.807, 2.05) is 0 Å². The van der Waals surface area contributed by atoms with E-state index >= 15 is 0 Å². The average Bonchev–Trinajstić information content (AvgIpc) is 2.52. The monoisotopic (exact) mass is 329 g/mol. The Bertz CT molecular complexity index is 628. The van der Waals surface area contributed by atoms with Crippen molar-refractivity contribution in [1.82, 2.24) is 15.1 Å². The molecule has 8 nitrogen and oxygen atoms in total. The molecule has 0 spiro atoms. The summed E-state index contributed by atoms with van der Waals surface area (Å²) in [6, 6.07) is 5.32. The maximum atomic E-state index is 12.0. The lowest BCUT2D eigenvalue weighted by atomic mass is 10.2. The Balaban J connectivity index is 2.77. The van der Waals surface area contributed by atoms with Gasteiger partial charge in [0.05, 0.1) is 18.6 Å². The summed E-state index contributed by atoms with van der Waals surface area (Å²) < 4.78 is 24.7. The highest BCUT2D eigenvalue weighted by atomic mass is 32.2. The van der Waals surface area contributed by atoms with Crippen LogP contribution in [-0.2, 0) is 19.7 Å². The standard InChI is InChI=1S/C13H19N3O5S/c1-4-14-12(17)9-15-13(18)10-5-7-11(8-6-10)22(19,20)16(2)21-3/h5-8H,4,9H2,1-3H3,(H,14,17)(H,15,18). The first-order valence-electron chi connectivity index (χ1n) is 6.51. The van der Waals surface area contributed by atoms with E-state index in [1.54, 1.807) is 6.92 Å². The predicted octanol–water partition coefficient (Wildman–Crippen LogP) is -0.266. The van der Waals surface area contributed by atoms with Gasteiger partial charge >= 0.3 is 0 Å². The Kier molecular flexibility index (Phi) is 6.47. The zero-order valence-electron chi connectivity index (χ0n) is 12.6. The summed E-state index contributed by atoms with van der Waals surface area (Å²) in [6.45, 7) is 2.11. The Labute approximate surface area is 129 Å². The number of nitrogens with zero attached hydrogens (tertiary/aromatic N) is 1. The number of sulfonamides is 1. The number of rotatable bonds is 7. The SMILES string of the molecule is CCNC(=O)CNC(=O)c1ccc(S(=O)(=O)N(C)OC)cc1. The van der Waals surface area contributed by atoms with Crippen molar-refractivity contribution in [2.45, 2.75) is 11.8 Å². The van der Waals surface area contributed by atoms with E-state index in [4.69, 9.17) is 0 Å². The quantitative estimate of drug-likeness (QED) is 0.670. The summed E-state index contributed by atoms with van der Waals surface area (Å²) in [6.07, 6.45) is 0. The van der Waals surface area contributed by atoms with Crippen LogP contribution >= 0.6 is 0 Å². The summed E-state index contributed by atoms with van der Waals surface area (Å²) in [4.78, 5) is 27.7. The van der Waals surface area contributed by atoms with Gasteiger partial charge in [-0.25, -0.2) is 8.42 Å². The molecule has 0 aromatic heterocycles. The van der Waals surface area contributed by atoms with Gasteiger partial charge in [-0.1, -0.05) is 4.47 Å². The molecular formula is C13H19N3O5S. The molecule has 0 unspecified atom stereocenters. The molecule has 0 saturated carbocycles. The first-order valence-corrected chi connectivity index (χ1v) is 7.95. The van der Waals surface area contributed by atoms with Gasteiger partial charge in [0, 0.05) is 19.2 Å². The van der Waals surface area contributed by atoms with Crippen LogP contribution in [0.15, 0.2) is 29.2 Å². The molecule has 0 bridgehead atoms. The van der Waals surface area contributed by atoms with Gasteiger partial charge in [-0.05, 0) is 31.2 Å². The summed E-state index contributed by atoms with van der Waals surface area (Å²) >= 11 is 0. The van der Waals surface area contributed by atoms with Crippen molar-refractivity contribution in [1.29, 1.82) is 0 Å². The third kappa shape index (κ3) is 4.52. The van der Waals surface area contributed by atoms with Crippen LogP contribution < -0.4 is 10.6 Å². The van der Waals surface area contributed by atoms with Gasteiger partial charge in [-0.15, -0.1) is 0 Å². The van der Waals surface area contributed by atoms with Gasteiger partial charge in [-0.3, -0.25) is 14.4 Å². The first-order chi connectivity index (χ1) is 10.3. The zero-order chi connectivity index (χ0) is 16.8. The molecule has 0 radical (unpaired) electrons. The fraction of sp³-hybridized carbons (Fsp3) is 0.385. The van der Waals surface area contributed by atoms with E-state index in [2.05, 4.69) is 15.5 Å². The molecule has 0 atom stereocenters. The van der Waals surface area contributed by atoms with Crippen LogP contribution in [0.3, 0.4) is 0 Å². The van der Waals surface area contributed by atoms with Crippen LogP contribution in [-0.4, -0.2) is 51.9 Å². The number of amides is 2. The largest absolute Gasteiger partial charge is 0.355 e. The highest BCUT2D eigenvalue weighted by Gasteiger charge is 2.20. The molecule has 1 rings (SSSR count). The maximum absolute atomic E-state index is 12.0. The third-order valence-electron chi connectivity index (χ3n) is 2.79. The second-order valence-electron chi connectivity index (χ2n) is 4.26. The number of hydrogen-bond donors (Lipinski definition) is 2. The second kappa shape index (κ2) is 7.87. The van der Waals surface area contributed by atoms with Crippen LogP contribution in [0.5, 0.6) is 0 Å². The zero-order valence-corrected chi connectivity index (χ0v) is 13.4. The summed E-state index contributed by atoms with van der Waals surface area (Å²) in [5.74, 6) is -0.757. The molecular weight excluding hydrogens is 310 g/mol. The smallest absolute Gasteiger partial charge is 0.264 e. The third-order valence-corrected chi connectivity index (χ3v) is 4.49. The van der Waals surface area contributed by atoms with E-state index in [1.165, 1.54) is 38.4 Å². The van der Waals surface area contributed by atoms with Crippen molar-refractivity contribution in [2.24, 2.45) is 0 Å². The van der Waals surface area contributed by atoms with Gasteiger partial charge < -0.3 is 10.6 Å². The molecule has 0 fully saturated rings. The van der Waals surface area contributed by atoms with E-state index in [0.29, 0.717) is 6.54 Å². The molecule has 0 aliphatic carbocycles. The predicted molar refractivity (Wildman–Crippen MR) is 79.4 cm³/mol. The highest BCUT2D eigenvalue weighted by Crippen LogP contribution is 2.15. The second-order valence-corrected chi connectivity index (χ2v) is 6.19. The van der Waals surface area contributed by atoms with Crippen LogP contribution in [0.4, 0.5) is 0 Å². The minimum atomic E-state index is -3.75. The van der Waals surface area contributed by atoms with Gasteiger partial charge in [0.25, 0.3) is 15.9 Å². The number of likely N-dealkylation sites (N-methyl/N-ethyl adjacent to an activating group) is 1. The number of nitrogens with one attached hydrogen (secondary N) is 2. The Morgan fingerprint density at radius 2 is 1.77 bits per heavy atom. The topological polar surface area (TPSA) is 105 Å². The summed E-state index contributed by atoms with van der Waals surface area (Å²) in [5, 5.41) is 4.99. The maximum Gasteiger partial charge on any atom is 0.264 e.